The van der Waals surface area contributed by atoms with E-state index in [1.165, 1.54) is 77.0 Å². The van der Waals surface area contributed by atoms with E-state index < -0.39 is 30.9 Å². The zero-order chi connectivity index (χ0) is 41.6. The van der Waals surface area contributed by atoms with Gasteiger partial charge in [-0.25, -0.2) is 4.79 Å². The standard InChI is InChI=1S/C48H92N4O5/c1-9-17-25-37-38(26-18-10-2)49(37)45(50-39(27-19-11-3)40(50)28-20-12-4)48(46(56)57-36-47(33-53,34-54)35-55,51-41(29-21-13-5)42(51)30-22-14-6)52-43(31-23-15-7)44(52)32-24-16-8/h37-45,53-55H,9-36H2,1-8H3. The van der Waals surface area contributed by atoms with Gasteiger partial charge in [-0.2, -0.15) is 0 Å². The highest BCUT2D eigenvalue weighted by atomic mass is 16.5. The predicted octanol–water partition coefficient (Wildman–Crippen LogP) is 9.25. The normalized spacial score (nSPS) is 33.2. The van der Waals surface area contributed by atoms with Crippen molar-refractivity contribution in [2.45, 2.75) is 270 Å². The molecule has 4 rings (SSSR count). The van der Waals surface area contributed by atoms with Crippen LogP contribution in [-0.2, 0) is 9.53 Å². The molecule has 3 N–H and O–H groups in total. The number of hydrogen-bond donors (Lipinski definition) is 3. The minimum Gasteiger partial charge on any atom is -0.462 e. The van der Waals surface area contributed by atoms with Gasteiger partial charge in [0.2, 0.25) is 5.66 Å². The molecule has 9 nitrogen and oxygen atoms in total. The monoisotopic (exact) mass is 805 g/mol. The molecule has 0 spiro atoms. The molecule has 4 aliphatic heterocycles. The van der Waals surface area contributed by atoms with Crippen molar-refractivity contribution in [3.8, 4) is 0 Å². The van der Waals surface area contributed by atoms with E-state index in [0.717, 1.165) is 77.0 Å². The van der Waals surface area contributed by atoms with Crippen molar-refractivity contribution in [2.24, 2.45) is 5.41 Å². The Labute approximate surface area is 351 Å². The van der Waals surface area contributed by atoms with Crippen molar-refractivity contribution in [3.63, 3.8) is 0 Å². The number of esters is 1. The third-order valence-electron chi connectivity index (χ3n) is 14.7. The number of carbonyl (C=O) groups excluding carboxylic acids is 1. The number of unbranched alkanes of at least 4 members (excludes halogenated alkanes) is 8. The van der Waals surface area contributed by atoms with Crippen LogP contribution in [0.2, 0.25) is 0 Å². The summed E-state index contributed by atoms with van der Waals surface area (Å²) in [6, 6.07) is 3.06. The Balaban J connectivity index is 2.03. The van der Waals surface area contributed by atoms with Crippen LogP contribution in [0.5, 0.6) is 0 Å². The molecule has 57 heavy (non-hydrogen) atoms. The summed E-state index contributed by atoms with van der Waals surface area (Å²) in [5.41, 5.74) is -2.31. The molecule has 0 aromatic heterocycles. The maximum atomic E-state index is 16.3. The molecule has 8 unspecified atom stereocenters. The summed E-state index contributed by atoms with van der Waals surface area (Å²) in [7, 11) is 0. The molecule has 0 saturated carbocycles. The molecule has 4 saturated heterocycles. The van der Waals surface area contributed by atoms with E-state index in [-0.39, 0.29) is 18.7 Å². The first-order chi connectivity index (χ1) is 27.8. The molecule has 0 bridgehead atoms. The Morgan fingerprint density at radius 3 is 0.930 bits per heavy atom. The van der Waals surface area contributed by atoms with Crippen molar-refractivity contribution in [1.82, 2.24) is 19.6 Å². The maximum absolute atomic E-state index is 16.3. The summed E-state index contributed by atoms with van der Waals surface area (Å²) < 4.78 is 6.71. The van der Waals surface area contributed by atoms with Gasteiger partial charge in [-0.15, -0.1) is 0 Å². The van der Waals surface area contributed by atoms with E-state index >= 15 is 4.79 Å². The van der Waals surface area contributed by atoms with Gasteiger partial charge in [0.25, 0.3) is 0 Å². The Morgan fingerprint density at radius 2 is 0.702 bits per heavy atom. The molecule has 4 heterocycles. The van der Waals surface area contributed by atoms with E-state index in [2.05, 4.69) is 75.0 Å². The van der Waals surface area contributed by atoms with Crippen molar-refractivity contribution < 1.29 is 24.9 Å². The highest BCUT2D eigenvalue weighted by Gasteiger charge is 2.79. The molecule has 4 fully saturated rings. The predicted molar refractivity (Wildman–Crippen MR) is 235 cm³/mol. The average molecular weight is 805 g/mol. The van der Waals surface area contributed by atoms with E-state index in [4.69, 9.17) is 4.74 Å². The molecule has 0 aromatic carbocycles. The molecular weight excluding hydrogens is 713 g/mol. The van der Waals surface area contributed by atoms with Crippen molar-refractivity contribution in [1.29, 1.82) is 0 Å². The van der Waals surface area contributed by atoms with E-state index in [1.807, 2.05) is 0 Å². The van der Waals surface area contributed by atoms with Crippen LogP contribution in [-0.4, -0.2) is 127 Å². The number of rotatable bonds is 35. The fourth-order valence-corrected chi connectivity index (χ4v) is 11.0. The number of aliphatic hydroxyl groups is 3. The molecule has 0 amide bonds. The summed E-state index contributed by atoms with van der Waals surface area (Å²) >= 11 is 0. The summed E-state index contributed by atoms with van der Waals surface area (Å²) in [5.74, 6) is -0.195. The largest absolute Gasteiger partial charge is 0.462 e. The molecular formula is C48H92N4O5. The first-order valence-electron chi connectivity index (χ1n) is 24.9. The van der Waals surface area contributed by atoms with Gasteiger partial charge in [0.15, 0.2) is 0 Å². The number of carbonyl (C=O) groups is 1. The lowest BCUT2D eigenvalue weighted by Gasteiger charge is -2.46. The number of aliphatic hydroxyl groups excluding tert-OH is 3. The van der Waals surface area contributed by atoms with Crippen LogP contribution in [0.25, 0.3) is 0 Å². The van der Waals surface area contributed by atoms with Gasteiger partial charge < -0.3 is 20.1 Å². The van der Waals surface area contributed by atoms with E-state index in [0.29, 0.717) is 48.3 Å². The number of ether oxygens (including phenoxy) is 1. The lowest BCUT2D eigenvalue weighted by atomic mass is 9.92. The van der Waals surface area contributed by atoms with Gasteiger partial charge in [-0.05, 0) is 51.4 Å². The molecule has 9 heteroatoms. The highest BCUT2D eigenvalue weighted by molar-refractivity contribution is 5.83. The van der Waals surface area contributed by atoms with Gasteiger partial charge in [-0.1, -0.05) is 158 Å². The lowest BCUT2D eigenvalue weighted by Crippen LogP contribution is -2.69. The maximum Gasteiger partial charge on any atom is 0.345 e. The van der Waals surface area contributed by atoms with E-state index in [9.17, 15) is 15.3 Å². The first kappa shape index (κ1) is 48.9. The van der Waals surface area contributed by atoms with Gasteiger partial charge in [-0.3, -0.25) is 19.6 Å². The molecule has 0 aromatic rings. The van der Waals surface area contributed by atoms with Gasteiger partial charge in [0, 0.05) is 48.3 Å². The zero-order valence-electron chi connectivity index (χ0n) is 38.4. The Bertz CT molecular complexity index is 1010. The molecule has 8 atom stereocenters. The fourth-order valence-electron chi connectivity index (χ4n) is 11.0. The lowest BCUT2D eigenvalue weighted by molar-refractivity contribution is -0.181. The minimum atomic E-state index is -1.29. The van der Waals surface area contributed by atoms with Gasteiger partial charge in [0.1, 0.15) is 12.8 Å². The van der Waals surface area contributed by atoms with Crippen molar-refractivity contribution >= 4 is 5.97 Å². The van der Waals surface area contributed by atoms with Gasteiger partial charge in [0.05, 0.1) is 25.2 Å². The van der Waals surface area contributed by atoms with E-state index in [1.54, 1.807) is 0 Å². The summed E-state index contributed by atoms with van der Waals surface area (Å²) in [5, 5.41) is 31.6. The molecule has 0 aliphatic carbocycles. The Morgan fingerprint density at radius 1 is 0.456 bits per heavy atom. The number of nitrogens with zero attached hydrogens (tertiary/aromatic N) is 4. The Kier molecular flexibility index (Phi) is 20.6. The Hall–Kier alpha value is -0.810. The second-order valence-electron chi connectivity index (χ2n) is 19.0. The summed E-state index contributed by atoms with van der Waals surface area (Å²) in [4.78, 5) is 27.5. The molecule has 0 radical (unpaired) electrons. The SMILES string of the molecule is CCCCC1C(CCCC)N1C(N1C(CCCC)C1CCCC)C(C(=O)OCC(CO)(CO)CO)(N1C(CCCC)C1CCCC)N1C(CCCC)C1CCCC. The van der Waals surface area contributed by atoms with Crippen LogP contribution < -0.4 is 0 Å². The summed E-state index contributed by atoms with van der Waals surface area (Å²) in [6.07, 6.45) is 27.5. The topological polar surface area (TPSA) is 99.0 Å². The zero-order valence-corrected chi connectivity index (χ0v) is 38.4. The van der Waals surface area contributed by atoms with Crippen molar-refractivity contribution in [3.05, 3.63) is 0 Å². The fraction of sp³-hybridized carbons (Fsp3) is 0.979. The first-order valence-corrected chi connectivity index (χ1v) is 24.9. The highest BCUT2D eigenvalue weighted by Crippen LogP contribution is 2.60. The van der Waals surface area contributed by atoms with Crippen LogP contribution in [0.4, 0.5) is 0 Å². The summed E-state index contributed by atoms with van der Waals surface area (Å²) in [6.45, 7) is 16.9. The van der Waals surface area contributed by atoms with Crippen LogP contribution >= 0.6 is 0 Å². The van der Waals surface area contributed by atoms with Gasteiger partial charge >= 0.3 is 5.97 Å². The minimum absolute atomic E-state index is 0.129. The third kappa shape index (κ3) is 11.2. The second-order valence-corrected chi connectivity index (χ2v) is 19.0. The van der Waals surface area contributed by atoms with Crippen LogP contribution in [0.3, 0.4) is 0 Å². The van der Waals surface area contributed by atoms with Crippen molar-refractivity contribution in [2.75, 3.05) is 26.4 Å². The second kappa shape index (κ2) is 24.0. The third-order valence-corrected chi connectivity index (χ3v) is 14.7. The van der Waals surface area contributed by atoms with Crippen LogP contribution in [0.15, 0.2) is 0 Å². The van der Waals surface area contributed by atoms with Crippen LogP contribution in [0.1, 0.15) is 209 Å². The molecule has 4 aliphatic rings. The molecule has 334 valence electrons. The average Bonchev–Trinajstić information content (AvgIpc) is 4.15. The smallest absolute Gasteiger partial charge is 0.345 e. The number of hydrogen-bond acceptors (Lipinski definition) is 9. The van der Waals surface area contributed by atoms with Crippen LogP contribution in [0, 0.1) is 5.41 Å². The quantitative estimate of drug-likeness (QED) is 0.0428.